The lowest BCUT2D eigenvalue weighted by Gasteiger charge is -2.13. The molecule has 150 valence electrons. The van der Waals surface area contributed by atoms with Crippen molar-refractivity contribution in [2.75, 3.05) is 12.9 Å². The molecule has 0 saturated carbocycles. The molecule has 0 radical (unpaired) electrons. The van der Waals surface area contributed by atoms with E-state index in [1.165, 1.54) is 17.8 Å². The van der Waals surface area contributed by atoms with E-state index in [0.29, 0.717) is 46.6 Å². The summed E-state index contributed by atoms with van der Waals surface area (Å²) in [5.41, 5.74) is 0.267. The average molecular weight is 418 g/mol. The Morgan fingerprint density at radius 3 is 2.55 bits per heavy atom. The second-order valence-corrected chi connectivity index (χ2v) is 7.09. The molecular formula is C20H17F3N4OS. The van der Waals surface area contributed by atoms with E-state index in [1.54, 1.807) is 42.0 Å². The zero-order chi connectivity index (χ0) is 20.9. The fraction of sp³-hybridized carbons (Fsp3) is 0.250. The van der Waals surface area contributed by atoms with E-state index in [1.807, 2.05) is 0 Å². The Labute approximate surface area is 170 Å². The van der Waals surface area contributed by atoms with Crippen molar-refractivity contribution in [2.45, 2.75) is 24.2 Å². The van der Waals surface area contributed by atoms with Crippen molar-refractivity contribution < 1.29 is 17.9 Å². The largest absolute Gasteiger partial charge is 0.497 e. The highest BCUT2D eigenvalue weighted by atomic mass is 32.2. The number of ether oxygens (including phenoxy) is 1. The van der Waals surface area contributed by atoms with Crippen molar-refractivity contribution in [3.8, 4) is 28.9 Å². The van der Waals surface area contributed by atoms with Gasteiger partial charge >= 0.3 is 6.18 Å². The lowest BCUT2D eigenvalue weighted by Crippen LogP contribution is -2.07. The van der Waals surface area contributed by atoms with Gasteiger partial charge in [0.15, 0.2) is 11.0 Å². The molecule has 0 fully saturated rings. The number of alkyl halides is 3. The van der Waals surface area contributed by atoms with Crippen molar-refractivity contribution in [3.05, 3.63) is 54.1 Å². The molecule has 1 heterocycles. The van der Waals surface area contributed by atoms with E-state index in [2.05, 4.69) is 16.3 Å². The van der Waals surface area contributed by atoms with Gasteiger partial charge in [0, 0.05) is 17.7 Å². The van der Waals surface area contributed by atoms with Crippen LogP contribution in [-0.4, -0.2) is 27.6 Å². The number of halogens is 3. The number of nitriles is 1. The number of hydrogen-bond donors (Lipinski definition) is 0. The number of methoxy groups -OCH3 is 1. The summed E-state index contributed by atoms with van der Waals surface area (Å²) in [6.07, 6.45) is -3.41. The van der Waals surface area contributed by atoms with Gasteiger partial charge < -0.3 is 4.74 Å². The fourth-order valence-electron chi connectivity index (χ4n) is 2.66. The molecule has 0 saturated heterocycles. The topological polar surface area (TPSA) is 63.7 Å². The first-order chi connectivity index (χ1) is 13.9. The molecule has 9 heteroatoms. The summed E-state index contributed by atoms with van der Waals surface area (Å²) < 4.78 is 46.4. The number of unbranched alkanes of at least 4 members (excludes halogenated alkanes) is 1. The number of hydrogen-bond acceptors (Lipinski definition) is 5. The predicted octanol–water partition coefficient (Wildman–Crippen LogP) is 5.36. The van der Waals surface area contributed by atoms with Crippen LogP contribution in [-0.2, 0) is 6.18 Å². The van der Waals surface area contributed by atoms with Crippen molar-refractivity contribution in [3.63, 3.8) is 0 Å². The van der Waals surface area contributed by atoms with Crippen LogP contribution in [0, 0.1) is 11.3 Å². The summed E-state index contributed by atoms with van der Waals surface area (Å²) >= 11 is 1.35. The second-order valence-electron chi connectivity index (χ2n) is 6.03. The van der Waals surface area contributed by atoms with Crippen LogP contribution in [0.1, 0.15) is 18.4 Å². The molecule has 0 spiro atoms. The van der Waals surface area contributed by atoms with E-state index in [4.69, 9.17) is 10.00 Å². The van der Waals surface area contributed by atoms with Gasteiger partial charge in [0.05, 0.1) is 24.4 Å². The van der Waals surface area contributed by atoms with Crippen molar-refractivity contribution in [1.29, 1.82) is 5.26 Å². The molecule has 2 aromatic carbocycles. The molecule has 0 unspecified atom stereocenters. The molecule has 0 atom stereocenters. The van der Waals surface area contributed by atoms with Crippen LogP contribution in [0.15, 0.2) is 53.7 Å². The van der Waals surface area contributed by atoms with Gasteiger partial charge in [-0.2, -0.15) is 18.4 Å². The van der Waals surface area contributed by atoms with E-state index < -0.39 is 11.7 Å². The lowest BCUT2D eigenvalue weighted by molar-refractivity contribution is -0.137. The number of rotatable bonds is 7. The van der Waals surface area contributed by atoms with Crippen LogP contribution in [0.3, 0.4) is 0 Å². The molecule has 1 aromatic heterocycles. The summed E-state index contributed by atoms with van der Waals surface area (Å²) in [5, 5.41) is 17.6. The minimum atomic E-state index is -4.45. The standard InChI is InChI=1S/C20H17F3N4OS/c1-28-17-9-7-14(8-10-17)18-25-26-19(29-12-3-2-11-24)27(18)16-6-4-5-15(13-16)20(21,22)23/h4-10,13H,2-3,12H2,1H3. The Balaban J connectivity index is 2.06. The zero-order valence-corrected chi connectivity index (χ0v) is 16.3. The summed E-state index contributed by atoms with van der Waals surface area (Å²) in [4.78, 5) is 0. The molecule has 0 aliphatic heterocycles. The summed E-state index contributed by atoms with van der Waals surface area (Å²) in [7, 11) is 1.55. The van der Waals surface area contributed by atoms with Crippen LogP contribution >= 0.6 is 11.8 Å². The maximum absolute atomic E-state index is 13.2. The van der Waals surface area contributed by atoms with E-state index in [0.717, 1.165) is 12.1 Å². The SMILES string of the molecule is COc1ccc(-c2nnc(SCCCC#N)n2-c2cccc(C(F)(F)F)c2)cc1. The Morgan fingerprint density at radius 1 is 1.14 bits per heavy atom. The first-order valence-corrected chi connectivity index (χ1v) is 9.70. The van der Waals surface area contributed by atoms with Gasteiger partial charge in [-0.3, -0.25) is 4.57 Å². The minimum Gasteiger partial charge on any atom is -0.497 e. The smallest absolute Gasteiger partial charge is 0.416 e. The van der Waals surface area contributed by atoms with Crippen molar-refractivity contribution in [1.82, 2.24) is 14.8 Å². The van der Waals surface area contributed by atoms with Crippen molar-refractivity contribution in [2.24, 2.45) is 0 Å². The lowest BCUT2D eigenvalue weighted by atomic mass is 10.1. The highest BCUT2D eigenvalue weighted by Gasteiger charge is 2.31. The Kier molecular flexibility index (Phi) is 6.44. The number of thioether (sulfide) groups is 1. The van der Waals surface area contributed by atoms with Gasteiger partial charge in [0.25, 0.3) is 0 Å². The molecule has 0 aliphatic rings. The van der Waals surface area contributed by atoms with Gasteiger partial charge in [-0.1, -0.05) is 17.8 Å². The molecule has 29 heavy (non-hydrogen) atoms. The average Bonchev–Trinajstić information content (AvgIpc) is 3.14. The first-order valence-electron chi connectivity index (χ1n) is 8.71. The molecule has 0 amide bonds. The minimum absolute atomic E-state index is 0.318. The number of nitrogens with zero attached hydrogens (tertiary/aromatic N) is 4. The third-order valence-electron chi connectivity index (χ3n) is 4.08. The molecule has 3 aromatic rings. The predicted molar refractivity (Wildman–Crippen MR) is 104 cm³/mol. The number of benzene rings is 2. The van der Waals surface area contributed by atoms with E-state index >= 15 is 0 Å². The summed E-state index contributed by atoms with van der Waals surface area (Å²) in [6, 6.07) is 14.2. The maximum atomic E-state index is 13.2. The van der Waals surface area contributed by atoms with Crippen molar-refractivity contribution >= 4 is 11.8 Å². The third-order valence-corrected chi connectivity index (χ3v) is 5.09. The maximum Gasteiger partial charge on any atom is 0.416 e. The van der Waals surface area contributed by atoms with Gasteiger partial charge in [-0.25, -0.2) is 0 Å². The monoisotopic (exact) mass is 418 g/mol. The quantitative estimate of drug-likeness (QED) is 0.382. The number of aromatic nitrogens is 3. The van der Waals surface area contributed by atoms with Gasteiger partial charge in [0.2, 0.25) is 0 Å². The highest BCUT2D eigenvalue weighted by molar-refractivity contribution is 7.99. The van der Waals surface area contributed by atoms with Gasteiger partial charge in [-0.15, -0.1) is 10.2 Å². The molecule has 5 nitrogen and oxygen atoms in total. The Bertz CT molecular complexity index is 1010. The van der Waals surface area contributed by atoms with Crippen LogP contribution in [0.5, 0.6) is 5.75 Å². The van der Waals surface area contributed by atoms with Crippen LogP contribution in [0.25, 0.3) is 17.1 Å². The molecule has 0 aliphatic carbocycles. The zero-order valence-electron chi connectivity index (χ0n) is 15.5. The summed E-state index contributed by atoms with van der Waals surface area (Å²) in [6.45, 7) is 0. The van der Waals surface area contributed by atoms with Crippen LogP contribution in [0.4, 0.5) is 13.2 Å². The molecular weight excluding hydrogens is 401 g/mol. The highest BCUT2D eigenvalue weighted by Crippen LogP contribution is 2.33. The van der Waals surface area contributed by atoms with E-state index in [9.17, 15) is 13.2 Å². The summed E-state index contributed by atoms with van der Waals surface area (Å²) in [5.74, 6) is 1.69. The van der Waals surface area contributed by atoms with E-state index in [-0.39, 0.29) is 0 Å². The van der Waals surface area contributed by atoms with Gasteiger partial charge in [0.1, 0.15) is 5.75 Å². The second kappa shape index (κ2) is 9.01. The Hall–Kier alpha value is -2.99. The molecule has 0 bridgehead atoms. The fourth-order valence-corrected chi connectivity index (χ4v) is 3.55. The molecule has 0 N–H and O–H groups in total. The Morgan fingerprint density at radius 2 is 1.90 bits per heavy atom. The van der Waals surface area contributed by atoms with Crippen LogP contribution in [0.2, 0.25) is 0 Å². The molecule has 3 rings (SSSR count). The normalized spacial score (nSPS) is 11.3. The van der Waals surface area contributed by atoms with Crippen LogP contribution < -0.4 is 4.74 Å². The van der Waals surface area contributed by atoms with Gasteiger partial charge in [-0.05, 0) is 48.9 Å². The first kappa shape index (κ1) is 20.7. The third kappa shape index (κ3) is 4.90.